The van der Waals surface area contributed by atoms with Gasteiger partial charge >= 0.3 is 0 Å². The summed E-state index contributed by atoms with van der Waals surface area (Å²) in [6.07, 6.45) is 2.90. The monoisotopic (exact) mass is 162 g/mol. The van der Waals surface area contributed by atoms with Gasteiger partial charge in [-0.3, -0.25) is 0 Å². The molecule has 12 heavy (non-hydrogen) atoms. The molecule has 0 spiro atoms. The summed E-state index contributed by atoms with van der Waals surface area (Å²) in [4.78, 5) is 3.74. The molecule has 0 aliphatic rings. The van der Waals surface area contributed by atoms with Crippen LogP contribution in [0, 0.1) is 11.9 Å². The summed E-state index contributed by atoms with van der Waals surface area (Å²) >= 11 is 0. The van der Waals surface area contributed by atoms with Crippen LogP contribution >= 0.6 is 0 Å². The van der Waals surface area contributed by atoms with Gasteiger partial charge in [0.25, 0.3) is 0 Å². The molecule has 0 fully saturated rings. The summed E-state index contributed by atoms with van der Waals surface area (Å²) in [6, 6.07) is 6.92. The van der Waals surface area contributed by atoms with Gasteiger partial charge in [0.2, 0.25) is 0 Å². The number of hydrogen-bond donors (Lipinski definition) is 0. The van der Waals surface area contributed by atoms with E-state index >= 15 is 0 Å². The molecule has 0 unspecified atom stereocenters. The average Bonchev–Trinajstić information content (AvgIpc) is 2.56. The number of hydrogen-bond acceptors (Lipinski definition) is 2. The summed E-state index contributed by atoms with van der Waals surface area (Å²) in [6.45, 7) is 0. The van der Waals surface area contributed by atoms with Crippen molar-refractivity contribution in [2.75, 3.05) is 0 Å². The Morgan fingerprint density at radius 3 is 3.00 bits per heavy atom. The van der Waals surface area contributed by atoms with Crippen molar-refractivity contribution in [1.82, 2.24) is 14.8 Å². The molecule has 0 N–H and O–H groups in total. The second kappa shape index (κ2) is 2.73. The van der Waals surface area contributed by atoms with Crippen LogP contribution in [-0.4, -0.2) is 14.8 Å². The predicted molar refractivity (Wildman–Crippen MR) is 40.2 cm³/mol. The maximum absolute atomic E-state index is 12.7. The molecule has 2 rings (SSSR count). The van der Waals surface area contributed by atoms with Crippen molar-refractivity contribution in [3.05, 3.63) is 42.7 Å². The molecule has 0 aliphatic carbocycles. The lowest BCUT2D eigenvalue weighted by Crippen LogP contribution is -1.94. The van der Waals surface area contributed by atoms with Crippen molar-refractivity contribution in [3.8, 4) is 5.69 Å². The van der Waals surface area contributed by atoms with E-state index in [4.69, 9.17) is 0 Å². The first-order valence-corrected chi connectivity index (χ1v) is 3.38. The molecule has 0 saturated heterocycles. The van der Waals surface area contributed by atoms with Gasteiger partial charge in [-0.05, 0) is 24.3 Å². The van der Waals surface area contributed by atoms with E-state index in [-0.39, 0.29) is 5.82 Å². The van der Waals surface area contributed by atoms with Crippen molar-refractivity contribution < 1.29 is 4.39 Å². The average molecular weight is 162 g/mol. The fourth-order valence-corrected chi connectivity index (χ4v) is 0.905. The van der Waals surface area contributed by atoms with Crippen molar-refractivity contribution in [3.63, 3.8) is 0 Å². The topological polar surface area (TPSA) is 30.7 Å². The number of halogens is 1. The van der Waals surface area contributed by atoms with Gasteiger partial charge in [0.15, 0.2) is 0 Å². The van der Waals surface area contributed by atoms with E-state index in [0.717, 1.165) is 0 Å². The van der Waals surface area contributed by atoms with Gasteiger partial charge in [0.1, 0.15) is 18.5 Å². The van der Waals surface area contributed by atoms with Gasteiger partial charge in [-0.2, -0.15) is 5.10 Å². The van der Waals surface area contributed by atoms with Gasteiger partial charge in [0, 0.05) is 0 Å². The van der Waals surface area contributed by atoms with Crippen molar-refractivity contribution >= 4 is 0 Å². The molecule has 1 aromatic carbocycles. The molecule has 0 amide bonds. The fraction of sp³-hybridized carbons (Fsp3) is 0. The van der Waals surface area contributed by atoms with E-state index in [2.05, 4.69) is 16.1 Å². The predicted octanol–water partition coefficient (Wildman–Crippen LogP) is 1.21. The normalized spacial score (nSPS) is 10.1. The van der Waals surface area contributed by atoms with Crippen LogP contribution in [-0.2, 0) is 0 Å². The molecule has 1 heterocycles. The second-order valence-corrected chi connectivity index (χ2v) is 2.25. The molecule has 0 aliphatic heterocycles. The number of rotatable bonds is 1. The summed E-state index contributed by atoms with van der Waals surface area (Å²) in [7, 11) is 0. The largest absolute Gasteiger partial charge is 0.223 e. The second-order valence-electron chi connectivity index (χ2n) is 2.25. The van der Waals surface area contributed by atoms with Crippen molar-refractivity contribution in [2.24, 2.45) is 0 Å². The van der Waals surface area contributed by atoms with E-state index in [1.807, 2.05) is 0 Å². The van der Waals surface area contributed by atoms with E-state index in [1.165, 1.54) is 29.5 Å². The number of aromatic nitrogens is 3. The quantitative estimate of drug-likeness (QED) is 0.630. The minimum atomic E-state index is -0.331. The Labute approximate surface area is 68.5 Å². The van der Waals surface area contributed by atoms with E-state index in [9.17, 15) is 4.39 Å². The minimum absolute atomic E-state index is 0.331. The zero-order valence-corrected chi connectivity index (χ0v) is 6.11. The van der Waals surface area contributed by atoms with Crippen molar-refractivity contribution in [2.45, 2.75) is 0 Å². The van der Waals surface area contributed by atoms with Crippen LogP contribution in [0.25, 0.3) is 5.69 Å². The van der Waals surface area contributed by atoms with E-state index in [1.54, 1.807) is 6.07 Å². The standard InChI is InChI=1S/C8H5FN3/c9-7-2-1-3-8(4-7)12-6-10-5-11-12/h2-6H. The van der Waals surface area contributed by atoms with Crippen LogP contribution in [0.5, 0.6) is 0 Å². The SMILES string of the molecule is Fc1c[c]cc(-n2cncn2)c1. The highest BCUT2D eigenvalue weighted by Crippen LogP contribution is 2.06. The maximum Gasteiger partial charge on any atom is 0.138 e. The van der Waals surface area contributed by atoms with Crippen molar-refractivity contribution in [1.29, 1.82) is 0 Å². The Morgan fingerprint density at radius 2 is 2.33 bits per heavy atom. The molecular formula is C8H5FN3. The van der Waals surface area contributed by atoms with Gasteiger partial charge in [-0.1, -0.05) is 0 Å². The molecule has 3 nitrogen and oxygen atoms in total. The number of benzene rings is 1. The highest BCUT2D eigenvalue weighted by atomic mass is 19.1. The molecule has 0 bridgehead atoms. The zero-order valence-electron chi connectivity index (χ0n) is 6.11. The van der Waals surface area contributed by atoms with Crippen LogP contribution in [0.15, 0.2) is 30.9 Å². The first-order chi connectivity index (χ1) is 5.86. The molecule has 59 valence electrons. The Hall–Kier alpha value is -1.71. The highest BCUT2D eigenvalue weighted by molar-refractivity contribution is 5.29. The lowest BCUT2D eigenvalue weighted by Gasteiger charge is -1.97. The first kappa shape index (κ1) is 6.97. The van der Waals surface area contributed by atoms with Crippen LogP contribution < -0.4 is 0 Å². The Kier molecular flexibility index (Phi) is 1.59. The van der Waals surface area contributed by atoms with E-state index in [0.29, 0.717) is 5.69 Å². The van der Waals surface area contributed by atoms with Gasteiger partial charge in [-0.15, -0.1) is 0 Å². The van der Waals surface area contributed by atoms with Crippen LogP contribution in [0.4, 0.5) is 4.39 Å². The third-order valence-electron chi connectivity index (χ3n) is 1.42. The smallest absolute Gasteiger partial charge is 0.138 e. The summed E-state index contributed by atoms with van der Waals surface area (Å²) < 4.78 is 14.1. The Morgan fingerprint density at radius 1 is 1.42 bits per heavy atom. The Balaban J connectivity index is 2.48. The first-order valence-electron chi connectivity index (χ1n) is 3.38. The van der Waals surface area contributed by atoms with Gasteiger partial charge in [-0.25, -0.2) is 14.1 Å². The van der Waals surface area contributed by atoms with Crippen LogP contribution in [0.2, 0.25) is 0 Å². The lowest BCUT2D eigenvalue weighted by molar-refractivity contribution is 0.625. The molecular weight excluding hydrogens is 157 g/mol. The van der Waals surface area contributed by atoms with Gasteiger partial charge in [0.05, 0.1) is 5.69 Å². The minimum Gasteiger partial charge on any atom is -0.223 e. The molecule has 2 aromatic rings. The third-order valence-corrected chi connectivity index (χ3v) is 1.42. The maximum atomic E-state index is 12.7. The van der Waals surface area contributed by atoms with Crippen LogP contribution in [0.3, 0.4) is 0 Å². The number of nitrogens with zero attached hydrogens (tertiary/aromatic N) is 3. The van der Waals surface area contributed by atoms with E-state index < -0.39 is 0 Å². The molecule has 1 aromatic heterocycles. The molecule has 1 radical (unpaired) electrons. The highest BCUT2D eigenvalue weighted by Gasteiger charge is 1.96. The zero-order chi connectivity index (χ0) is 8.39. The van der Waals surface area contributed by atoms with Gasteiger partial charge < -0.3 is 0 Å². The summed E-state index contributed by atoms with van der Waals surface area (Å²) in [5.74, 6) is -0.331. The van der Waals surface area contributed by atoms with Crippen LogP contribution in [0.1, 0.15) is 0 Å². The molecule has 0 atom stereocenters. The molecule has 4 heteroatoms. The lowest BCUT2D eigenvalue weighted by atomic mass is 10.3. The fourth-order valence-electron chi connectivity index (χ4n) is 0.905. The Bertz CT molecular complexity index is 370. The molecule has 0 saturated carbocycles. The summed E-state index contributed by atoms with van der Waals surface area (Å²) in [5.41, 5.74) is 0.618. The summed E-state index contributed by atoms with van der Waals surface area (Å²) in [5, 5.41) is 3.85. The third kappa shape index (κ3) is 1.18.